The quantitative estimate of drug-likeness (QED) is 0.133. The van der Waals surface area contributed by atoms with Crippen molar-refractivity contribution < 1.29 is 4.42 Å². The molecule has 12 aromatic rings. The molecule has 308 valence electrons. The van der Waals surface area contributed by atoms with Crippen LogP contribution in [0.15, 0.2) is 218 Å². The van der Waals surface area contributed by atoms with Crippen molar-refractivity contribution >= 4 is 94.3 Å². The summed E-state index contributed by atoms with van der Waals surface area (Å²) in [5, 5.41) is 8.15. The van der Waals surface area contributed by atoms with Gasteiger partial charge in [-0.1, -0.05) is 129 Å². The Hall–Kier alpha value is -8.60. The second-order valence-corrected chi connectivity index (χ2v) is 16.5. The average Bonchev–Trinajstić information content (AvgIpc) is 4.09. The van der Waals surface area contributed by atoms with Gasteiger partial charge in [-0.25, -0.2) is 0 Å². The standard InChI is InChI=1S/C61H43N3O/c1-5-18-42(19-6-2)62-52(8-4)45(7-3)49-36-39(28-32-54(49)62)40-30-35-57-51(37-40)59-46(25-17-27-58(59)65-57)41-29-33-55-50(38-41)47-31-34-56-60(61(47)64(55)44-22-13-10-14-23-44)48-24-15-16-26-53(48)63(56)43-20-11-9-12-21-43/h5-38H,1,3-4H2,2H3/b19-6-,42-18+. The number of allylic oxidation sites excluding steroid dienone is 5. The number of benzene rings is 8. The van der Waals surface area contributed by atoms with Gasteiger partial charge in [0.25, 0.3) is 0 Å². The molecule has 0 unspecified atom stereocenters. The Bertz CT molecular complexity index is 3990. The third-order valence-corrected chi connectivity index (χ3v) is 13.1. The van der Waals surface area contributed by atoms with Crippen LogP contribution in [0.4, 0.5) is 0 Å². The second-order valence-electron chi connectivity index (χ2n) is 16.5. The first-order chi connectivity index (χ1) is 32.1. The van der Waals surface area contributed by atoms with Crippen LogP contribution in [-0.4, -0.2) is 13.7 Å². The number of hydrogen-bond donors (Lipinski definition) is 0. The molecule has 0 aliphatic heterocycles. The summed E-state index contributed by atoms with van der Waals surface area (Å²) in [5.74, 6) is 0. The summed E-state index contributed by atoms with van der Waals surface area (Å²) < 4.78 is 13.7. The highest BCUT2D eigenvalue weighted by atomic mass is 16.3. The highest BCUT2D eigenvalue weighted by Gasteiger charge is 2.23. The largest absolute Gasteiger partial charge is 0.456 e. The summed E-state index contributed by atoms with van der Waals surface area (Å²) in [6.07, 6.45) is 11.8. The minimum atomic E-state index is 0.855. The highest BCUT2D eigenvalue weighted by molar-refractivity contribution is 6.27. The SMILES string of the molecule is C=C/C=C(\C=C/C)n1c(C=C)c(C=C)c2cc(-c3ccc4oc5cccc(-c6ccc7c(c6)c6ccc8c(c9ccccc9n8-c8ccccc8)c6n7-c6ccccc6)c5c4c3)ccc21. The highest BCUT2D eigenvalue weighted by Crippen LogP contribution is 2.45. The van der Waals surface area contributed by atoms with Gasteiger partial charge in [0, 0.05) is 60.3 Å². The molecular weight excluding hydrogens is 791 g/mol. The zero-order chi connectivity index (χ0) is 43.8. The number of fused-ring (bicyclic) bond motifs is 11. The zero-order valence-electron chi connectivity index (χ0n) is 36.0. The molecule has 65 heavy (non-hydrogen) atoms. The molecule has 0 spiro atoms. The molecule has 0 aliphatic carbocycles. The maximum absolute atomic E-state index is 6.61. The fraction of sp³-hybridized carbons (Fsp3) is 0.0164. The van der Waals surface area contributed by atoms with Crippen LogP contribution in [0.5, 0.6) is 0 Å². The summed E-state index contributed by atoms with van der Waals surface area (Å²) in [6, 6.07) is 61.5. The Kier molecular flexibility index (Phi) is 8.82. The molecule has 0 bridgehead atoms. The van der Waals surface area contributed by atoms with E-state index in [-0.39, 0.29) is 0 Å². The van der Waals surface area contributed by atoms with Crippen molar-refractivity contribution in [2.24, 2.45) is 0 Å². The maximum Gasteiger partial charge on any atom is 0.136 e. The Morgan fingerprint density at radius 1 is 0.492 bits per heavy atom. The van der Waals surface area contributed by atoms with Gasteiger partial charge in [-0.15, -0.1) is 0 Å². The van der Waals surface area contributed by atoms with Gasteiger partial charge in [0.1, 0.15) is 11.2 Å². The van der Waals surface area contributed by atoms with Crippen LogP contribution < -0.4 is 0 Å². The third-order valence-electron chi connectivity index (χ3n) is 13.1. The Morgan fingerprint density at radius 3 is 1.91 bits per heavy atom. The van der Waals surface area contributed by atoms with Gasteiger partial charge in [0.2, 0.25) is 0 Å². The number of aromatic nitrogens is 3. The predicted octanol–water partition coefficient (Wildman–Crippen LogP) is 17.0. The zero-order valence-corrected chi connectivity index (χ0v) is 36.0. The Labute approximate surface area is 376 Å². The van der Waals surface area contributed by atoms with Crippen molar-refractivity contribution in [2.45, 2.75) is 6.92 Å². The third kappa shape index (κ3) is 5.71. The lowest BCUT2D eigenvalue weighted by atomic mass is 9.96. The van der Waals surface area contributed by atoms with Crippen molar-refractivity contribution in [1.82, 2.24) is 13.7 Å². The van der Waals surface area contributed by atoms with Crippen molar-refractivity contribution in [3.63, 3.8) is 0 Å². The first-order valence-electron chi connectivity index (χ1n) is 22.1. The van der Waals surface area contributed by atoms with Crippen LogP contribution in [0.2, 0.25) is 0 Å². The maximum atomic E-state index is 6.61. The molecule has 0 fully saturated rings. The molecule has 4 nitrogen and oxygen atoms in total. The van der Waals surface area contributed by atoms with Gasteiger partial charge in [-0.3, -0.25) is 0 Å². The Morgan fingerprint density at radius 2 is 1.15 bits per heavy atom. The van der Waals surface area contributed by atoms with Crippen LogP contribution in [0.3, 0.4) is 0 Å². The van der Waals surface area contributed by atoms with E-state index in [2.05, 4.69) is 209 Å². The van der Waals surface area contributed by atoms with Crippen molar-refractivity contribution in [2.75, 3.05) is 0 Å². The molecule has 4 heterocycles. The lowest BCUT2D eigenvalue weighted by Crippen LogP contribution is -1.97. The number of nitrogens with zero attached hydrogens (tertiary/aromatic N) is 3. The topological polar surface area (TPSA) is 27.9 Å². The molecule has 0 amide bonds. The van der Waals surface area contributed by atoms with Gasteiger partial charge in [-0.05, 0) is 126 Å². The molecule has 0 N–H and O–H groups in total. The second kappa shape index (κ2) is 15.0. The normalized spacial score (nSPS) is 12.3. The lowest BCUT2D eigenvalue weighted by molar-refractivity contribution is 0.669. The summed E-state index contributed by atoms with van der Waals surface area (Å²) in [4.78, 5) is 0. The Balaban J connectivity index is 1.07. The molecule has 0 atom stereocenters. The fourth-order valence-electron chi connectivity index (χ4n) is 10.4. The van der Waals surface area contributed by atoms with Gasteiger partial charge < -0.3 is 18.1 Å². The number of para-hydroxylation sites is 3. The molecule has 12 rings (SSSR count). The first kappa shape index (κ1) is 38.1. The van der Waals surface area contributed by atoms with Crippen molar-refractivity contribution in [3.8, 4) is 33.6 Å². The van der Waals surface area contributed by atoms with Crippen LogP contribution in [0.1, 0.15) is 18.2 Å². The minimum Gasteiger partial charge on any atom is -0.456 e. The van der Waals surface area contributed by atoms with E-state index in [1.807, 2.05) is 37.3 Å². The van der Waals surface area contributed by atoms with E-state index in [9.17, 15) is 0 Å². The van der Waals surface area contributed by atoms with Gasteiger partial charge >= 0.3 is 0 Å². The van der Waals surface area contributed by atoms with Crippen LogP contribution >= 0.6 is 0 Å². The van der Waals surface area contributed by atoms with Crippen molar-refractivity contribution in [3.05, 3.63) is 225 Å². The van der Waals surface area contributed by atoms with E-state index < -0.39 is 0 Å². The minimum absolute atomic E-state index is 0.855. The molecule has 4 aromatic heterocycles. The van der Waals surface area contributed by atoms with Gasteiger partial charge in [0.15, 0.2) is 0 Å². The molecule has 0 saturated carbocycles. The van der Waals surface area contributed by atoms with Crippen molar-refractivity contribution in [1.29, 1.82) is 0 Å². The summed E-state index contributed by atoms with van der Waals surface area (Å²) in [5.41, 5.74) is 17.3. The fourth-order valence-corrected chi connectivity index (χ4v) is 10.4. The molecule has 0 aliphatic rings. The van der Waals surface area contributed by atoms with E-state index in [4.69, 9.17) is 4.42 Å². The molecule has 0 radical (unpaired) electrons. The molecule has 8 aromatic carbocycles. The van der Waals surface area contributed by atoms with Crippen LogP contribution in [0, 0.1) is 0 Å². The first-order valence-corrected chi connectivity index (χ1v) is 22.1. The smallest absolute Gasteiger partial charge is 0.136 e. The van der Waals surface area contributed by atoms with E-state index >= 15 is 0 Å². The summed E-state index contributed by atoms with van der Waals surface area (Å²) in [7, 11) is 0. The number of rotatable bonds is 9. The van der Waals surface area contributed by atoms with Gasteiger partial charge in [-0.2, -0.15) is 0 Å². The lowest BCUT2D eigenvalue weighted by Gasteiger charge is -2.10. The van der Waals surface area contributed by atoms with E-state index in [0.717, 1.165) is 88.9 Å². The predicted molar refractivity (Wildman–Crippen MR) is 278 cm³/mol. The number of hydrogen-bond acceptors (Lipinski definition) is 1. The summed E-state index contributed by atoms with van der Waals surface area (Å²) in [6.45, 7) is 14.4. The monoisotopic (exact) mass is 833 g/mol. The molecule has 4 heteroatoms. The van der Waals surface area contributed by atoms with Crippen LogP contribution in [0.25, 0.3) is 128 Å². The van der Waals surface area contributed by atoms with E-state index in [1.54, 1.807) is 0 Å². The average molecular weight is 834 g/mol. The molecular formula is C61H43N3O. The van der Waals surface area contributed by atoms with Gasteiger partial charge in [0.05, 0.1) is 33.3 Å². The number of furan rings is 1. The van der Waals surface area contributed by atoms with E-state index in [1.165, 1.54) is 38.1 Å². The van der Waals surface area contributed by atoms with E-state index in [0.29, 0.717) is 0 Å². The summed E-state index contributed by atoms with van der Waals surface area (Å²) >= 11 is 0. The molecule has 0 saturated heterocycles. The van der Waals surface area contributed by atoms with Crippen LogP contribution in [-0.2, 0) is 0 Å².